The van der Waals surface area contributed by atoms with E-state index in [1.54, 1.807) is 30.3 Å². The van der Waals surface area contributed by atoms with Crippen LogP contribution in [-0.2, 0) is 18.3 Å². The lowest BCUT2D eigenvalue weighted by molar-refractivity contribution is -0.127. The zero-order valence-electron chi connectivity index (χ0n) is 23.1. The molecule has 5 aromatic rings. The van der Waals surface area contributed by atoms with E-state index in [0.717, 1.165) is 22.9 Å². The monoisotopic (exact) mass is 613 g/mol. The summed E-state index contributed by atoms with van der Waals surface area (Å²) < 4.78 is 81.8. The average molecular weight is 614 g/mol. The SMILES string of the molecule is Cn1cc(CC(F)(F)F)c2[nH]c(-c3ccnc(NC(=O)[C@H](CC(F)F)c4ccc(F)cc4)c3)c(Nc3ccccc3)c2c1=O. The number of pyridine rings is 2. The molecular formula is C31H25F6N5O2. The van der Waals surface area contributed by atoms with Crippen LogP contribution in [0.5, 0.6) is 0 Å². The molecular weight excluding hydrogens is 588 g/mol. The minimum atomic E-state index is -4.56. The molecule has 0 spiro atoms. The number of anilines is 3. The van der Waals surface area contributed by atoms with Crippen molar-refractivity contribution in [2.24, 2.45) is 7.05 Å². The van der Waals surface area contributed by atoms with Crippen LogP contribution in [0.3, 0.4) is 0 Å². The number of halogens is 6. The summed E-state index contributed by atoms with van der Waals surface area (Å²) in [7, 11) is 1.36. The van der Waals surface area contributed by atoms with Crippen molar-refractivity contribution in [2.75, 3.05) is 10.6 Å². The minimum absolute atomic E-state index is 0.0104. The maximum atomic E-state index is 13.5. The second kappa shape index (κ2) is 12.3. The number of para-hydroxylation sites is 1. The fourth-order valence-corrected chi connectivity index (χ4v) is 4.98. The third-order valence-electron chi connectivity index (χ3n) is 6.94. The number of rotatable bonds is 9. The molecule has 3 aromatic heterocycles. The summed E-state index contributed by atoms with van der Waals surface area (Å²) in [6.45, 7) is 0. The molecule has 3 heterocycles. The molecule has 0 aliphatic rings. The maximum absolute atomic E-state index is 13.5. The van der Waals surface area contributed by atoms with Crippen molar-refractivity contribution in [1.82, 2.24) is 14.5 Å². The van der Waals surface area contributed by atoms with Crippen LogP contribution in [0.2, 0.25) is 0 Å². The van der Waals surface area contributed by atoms with Gasteiger partial charge >= 0.3 is 6.18 Å². The number of aromatic nitrogens is 3. The van der Waals surface area contributed by atoms with Gasteiger partial charge in [0, 0.05) is 42.7 Å². The fourth-order valence-electron chi connectivity index (χ4n) is 4.98. The number of H-pyrrole nitrogens is 1. The van der Waals surface area contributed by atoms with Gasteiger partial charge in [0.2, 0.25) is 12.3 Å². The summed E-state index contributed by atoms with van der Waals surface area (Å²) in [5.41, 5.74) is 0.759. The average Bonchev–Trinajstić information content (AvgIpc) is 3.34. The van der Waals surface area contributed by atoms with E-state index in [-0.39, 0.29) is 39.2 Å². The van der Waals surface area contributed by atoms with Gasteiger partial charge in [-0.25, -0.2) is 18.2 Å². The lowest BCUT2D eigenvalue weighted by Gasteiger charge is -2.17. The van der Waals surface area contributed by atoms with Crippen LogP contribution in [0.4, 0.5) is 43.5 Å². The lowest BCUT2D eigenvalue weighted by atomic mass is 9.95. The number of nitrogens with zero attached hydrogens (tertiary/aromatic N) is 2. The fraction of sp³-hybridized carbons (Fsp3) is 0.194. The highest BCUT2D eigenvalue weighted by Gasteiger charge is 2.31. The number of aryl methyl sites for hydroxylation is 1. The Kier molecular flexibility index (Phi) is 8.47. The van der Waals surface area contributed by atoms with Crippen molar-refractivity contribution in [1.29, 1.82) is 0 Å². The Morgan fingerprint density at radius 2 is 1.75 bits per heavy atom. The number of carbonyl (C=O) groups excluding carboxylic acids is 1. The molecule has 44 heavy (non-hydrogen) atoms. The number of aromatic amines is 1. The molecule has 0 aliphatic heterocycles. The van der Waals surface area contributed by atoms with E-state index in [0.29, 0.717) is 11.3 Å². The Bertz CT molecular complexity index is 1850. The van der Waals surface area contributed by atoms with Crippen LogP contribution in [0.25, 0.3) is 22.2 Å². The molecule has 0 fully saturated rings. The molecule has 1 amide bonds. The molecule has 3 N–H and O–H groups in total. The Morgan fingerprint density at radius 3 is 2.41 bits per heavy atom. The largest absolute Gasteiger partial charge is 0.393 e. The number of nitrogens with one attached hydrogen (secondary N) is 3. The molecule has 1 atom stereocenters. The predicted octanol–water partition coefficient (Wildman–Crippen LogP) is 7.29. The first kappa shape index (κ1) is 30.4. The highest BCUT2D eigenvalue weighted by Crippen LogP contribution is 2.38. The van der Waals surface area contributed by atoms with Crippen LogP contribution in [0.1, 0.15) is 23.5 Å². The summed E-state index contributed by atoms with van der Waals surface area (Å²) in [6.07, 6.45) is -7.07. The Morgan fingerprint density at radius 1 is 1.05 bits per heavy atom. The maximum Gasteiger partial charge on any atom is 0.393 e. The van der Waals surface area contributed by atoms with Gasteiger partial charge in [-0.2, -0.15) is 13.2 Å². The summed E-state index contributed by atoms with van der Waals surface area (Å²) >= 11 is 0. The molecule has 2 aromatic carbocycles. The normalized spacial score (nSPS) is 12.5. The molecule has 0 bridgehead atoms. The van der Waals surface area contributed by atoms with E-state index in [2.05, 4.69) is 20.6 Å². The lowest BCUT2D eigenvalue weighted by Crippen LogP contribution is -2.23. The molecule has 0 unspecified atom stereocenters. The predicted molar refractivity (Wildman–Crippen MR) is 155 cm³/mol. The van der Waals surface area contributed by atoms with Crippen molar-refractivity contribution in [3.05, 3.63) is 106 Å². The molecule has 5 rings (SSSR count). The number of alkyl halides is 5. The van der Waals surface area contributed by atoms with Crippen LogP contribution >= 0.6 is 0 Å². The number of amides is 1. The quantitative estimate of drug-likeness (QED) is 0.152. The van der Waals surface area contributed by atoms with Gasteiger partial charge in [-0.15, -0.1) is 0 Å². The first-order chi connectivity index (χ1) is 20.9. The van der Waals surface area contributed by atoms with E-state index in [1.165, 1.54) is 37.5 Å². The second-order valence-electron chi connectivity index (χ2n) is 10.1. The summed E-state index contributed by atoms with van der Waals surface area (Å²) in [5.74, 6) is -2.77. The van der Waals surface area contributed by atoms with Crippen LogP contribution in [0, 0.1) is 5.82 Å². The number of benzene rings is 2. The van der Waals surface area contributed by atoms with Gasteiger partial charge < -0.3 is 20.2 Å². The van der Waals surface area contributed by atoms with Gasteiger partial charge in [0.25, 0.3) is 5.56 Å². The number of hydrogen-bond donors (Lipinski definition) is 3. The van der Waals surface area contributed by atoms with Crippen LogP contribution in [-0.4, -0.2) is 33.0 Å². The molecule has 0 saturated carbocycles. The molecule has 7 nitrogen and oxygen atoms in total. The van der Waals surface area contributed by atoms with Gasteiger partial charge in [0.1, 0.15) is 11.6 Å². The third kappa shape index (κ3) is 6.77. The van der Waals surface area contributed by atoms with E-state index < -0.39 is 48.6 Å². The van der Waals surface area contributed by atoms with Gasteiger partial charge in [0.15, 0.2) is 0 Å². The minimum Gasteiger partial charge on any atom is -0.353 e. The molecule has 0 saturated heterocycles. The zero-order valence-corrected chi connectivity index (χ0v) is 23.1. The van der Waals surface area contributed by atoms with E-state index >= 15 is 0 Å². The zero-order chi connectivity index (χ0) is 31.6. The van der Waals surface area contributed by atoms with Crippen molar-refractivity contribution in [3.8, 4) is 11.3 Å². The Hall–Kier alpha value is -5.07. The number of carbonyl (C=O) groups is 1. The molecule has 13 heteroatoms. The van der Waals surface area contributed by atoms with Crippen molar-refractivity contribution < 1.29 is 31.1 Å². The van der Waals surface area contributed by atoms with E-state index in [1.807, 2.05) is 0 Å². The van der Waals surface area contributed by atoms with E-state index in [9.17, 15) is 35.9 Å². The van der Waals surface area contributed by atoms with Crippen molar-refractivity contribution >= 4 is 34.0 Å². The smallest absolute Gasteiger partial charge is 0.353 e. The summed E-state index contributed by atoms with van der Waals surface area (Å²) in [5, 5.41) is 5.63. The van der Waals surface area contributed by atoms with Crippen molar-refractivity contribution in [2.45, 2.75) is 31.4 Å². The topological polar surface area (TPSA) is 91.8 Å². The van der Waals surface area contributed by atoms with Crippen LogP contribution < -0.4 is 16.2 Å². The number of hydrogen-bond acceptors (Lipinski definition) is 4. The summed E-state index contributed by atoms with van der Waals surface area (Å²) in [4.78, 5) is 33.5. The van der Waals surface area contributed by atoms with Crippen LogP contribution in [0.15, 0.2) is 83.9 Å². The highest BCUT2D eigenvalue weighted by atomic mass is 19.4. The van der Waals surface area contributed by atoms with Gasteiger partial charge in [0.05, 0.1) is 34.6 Å². The Labute approximate surface area is 246 Å². The standard InChI is InChI=1S/C31H25F6N5O2/c1-42-16-19(15-31(35,36)37)26-25(30(42)44)28(39-21-5-3-2-4-6-21)27(41-26)18-11-12-38-24(13-18)40-29(43)22(14-23(33)34)17-7-9-20(32)10-8-17/h2-13,16,22-23,39,41H,14-15H2,1H3,(H,38,40,43)/t22-/m1/s1. The first-order valence-electron chi connectivity index (χ1n) is 13.3. The summed E-state index contributed by atoms with van der Waals surface area (Å²) in [6, 6.07) is 16.2. The van der Waals surface area contributed by atoms with E-state index in [4.69, 9.17) is 0 Å². The highest BCUT2D eigenvalue weighted by molar-refractivity contribution is 6.04. The van der Waals surface area contributed by atoms with Gasteiger partial charge in [-0.1, -0.05) is 30.3 Å². The molecule has 228 valence electrons. The third-order valence-corrected chi connectivity index (χ3v) is 6.94. The molecule has 0 radical (unpaired) electrons. The Balaban J connectivity index is 1.59. The number of fused-ring (bicyclic) bond motifs is 1. The van der Waals surface area contributed by atoms with Crippen molar-refractivity contribution in [3.63, 3.8) is 0 Å². The molecule has 0 aliphatic carbocycles. The van der Waals surface area contributed by atoms with Gasteiger partial charge in [-0.3, -0.25) is 9.59 Å². The second-order valence-corrected chi connectivity index (χ2v) is 10.1. The van der Waals surface area contributed by atoms with Gasteiger partial charge in [-0.05, 0) is 42.0 Å². The first-order valence-corrected chi connectivity index (χ1v) is 13.3.